The third-order valence-electron chi connectivity index (χ3n) is 6.01. The largest absolute Gasteiger partial charge is 0.506 e. The maximum Gasteiger partial charge on any atom is 0.263 e. The molecule has 0 amide bonds. The van der Waals surface area contributed by atoms with Crippen LogP contribution in [0.1, 0.15) is 11.1 Å². The van der Waals surface area contributed by atoms with E-state index in [1.54, 1.807) is 23.8 Å². The van der Waals surface area contributed by atoms with Gasteiger partial charge in [-0.3, -0.25) is 9.36 Å². The zero-order chi connectivity index (χ0) is 25.6. The molecule has 184 valence electrons. The molecule has 0 unspecified atom stereocenters. The fraction of sp³-hybridized carbons (Fsp3) is 0.185. The number of aromatic hydroxyl groups is 1. The van der Waals surface area contributed by atoms with E-state index in [4.69, 9.17) is 19.2 Å². The van der Waals surface area contributed by atoms with Crippen LogP contribution in [-0.2, 0) is 6.54 Å². The van der Waals surface area contributed by atoms with E-state index in [1.807, 2.05) is 43.3 Å². The van der Waals surface area contributed by atoms with E-state index >= 15 is 0 Å². The van der Waals surface area contributed by atoms with Gasteiger partial charge in [0.2, 0.25) is 5.75 Å². The number of hydrogen-bond donors (Lipinski definition) is 1. The lowest BCUT2D eigenvalue weighted by atomic mass is 10.1. The number of rotatable bonds is 6. The van der Waals surface area contributed by atoms with Crippen LogP contribution in [0.2, 0.25) is 0 Å². The molecule has 9 heteroatoms. The third-order valence-corrected chi connectivity index (χ3v) is 7.92. The maximum atomic E-state index is 14.1. The topological polar surface area (TPSA) is 82.8 Å². The first-order valence-corrected chi connectivity index (χ1v) is 12.7. The Labute approximate surface area is 219 Å². The fourth-order valence-corrected chi connectivity index (χ4v) is 6.08. The summed E-state index contributed by atoms with van der Waals surface area (Å²) >= 11 is 4.94. The molecular weight excluding hydrogens is 544 g/mol. The predicted molar refractivity (Wildman–Crippen MR) is 146 cm³/mol. The van der Waals surface area contributed by atoms with Crippen LogP contribution in [0.3, 0.4) is 0 Å². The average Bonchev–Trinajstić information content (AvgIpc) is 3.24. The lowest BCUT2D eigenvalue weighted by Crippen LogP contribution is -2.24. The number of hydrogen-bond acceptors (Lipinski definition) is 7. The van der Waals surface area contributed by atoms with Crippen molar-refractivity contribution in [3.05, 3.63) is 74.5 Å². The quantitative estimate of drug-likeness (QED) is 0.266. The van der Waals surface area contributed by atoms with E-state index < -0.39 is 0 Å². The zero-order valence-corrected chi connectivity index (χ0v) is 22.5. The Morgan fingerprint density at radius 2 is 1.75 bits per heavy atom. The predicted octanol–water partition coefficient (Wildman–Crippen LogP) is 6.13. The van der Waals surface area contributed by atoms with Gasteiger partial charge in [-0.05, 0) is 52.2 Å². The molecular formula is C27H23BrN2O5S. The minimum absolute atomic E-state index is 0.137. The zero-order valence-electron chi connectivity index (χ0n) is 20.1. The van der Waals surface area contributed by atoms with Gasteiger partial charge in [0.25, 0.3) is 5.56 Å². The van der Waals surface area contributed by atoms with E-state index in [0.717, 1.165) is 11.1 Å². The number of ether oxygens (including phenoxy) is 3. The third kappa shape index (κ3) is 3.88. The molecule has 0 aliphatic heterocycles. The molecule has 0 saturated carbocycles. The number of thiophene rings is 1. The van der Waals surface area contributed by atoms with Gasteiger partial charge in [-0.1, -0.05) is 30.3 Å². The SMILES string of the molecule is COc1cc(-c2nc3sc4c(O)cc(C)cc4c3c(=O)n2Cc2ccccc2)c(Br)c(OC)c1OC. The Bertz CT molecular complexity index is 1680. The average molecular weight is 567 g/mol. The van der Waals surface area contributed by atoms with E-state index in [-0.39, 0.29) is 11.3 Å². The molecule has 1 N–H and O–H groups in total. The molecule has 0 aliphatic rings. The highest BCUT2D eigenvalue weighted by atomic mass is 79.9. The molecule has 2 aromatic heterocycles. The number of aryl methyl sites for hydroxylation is 1. The van der Waals surface area contributed by atoms with Crippen LogP contribution in [0.15, 0.2) is 57.8 Å². The molecule has 5 aromatic rings. The molecule has 0 saturated heterocycles. The summed E-state index contributed by atoms with van der Waals surface area (Å²) in [6.45, 7) is 2.19. The van der Waals surface area contributed by atoms with Crippen LogP contribution in [0, 0.1) is 6.92 Å². The summed E-state index contributed by atoms with van der Waals surface area (Å²) in [7, 11) is 4.62. The monoisotopic (exact) mass is 566 g/mol. The van der Waals surface area contributed by atoms with E-state index in [1.165, 1.54) is 25.6 Å². The number of benzene rings is 3. The lowest BCUT2D eigenvalue weighted by molar-refractivity contribution is 0.323. The number of phenols is 1. The van der Waals surface area contributed by atoms with Crippen molar-refractivity contribution >= 4 is 47.6 Å². The van der Waals surface area contributed by atoms with Crippen LogP contribution >= 0.6 is 27.3 Å². The molecule has 7 nitrogen and oxygen atoms in total. The molecule has 0 aliphatic carbocycles. The Morgan fingerprint density at radius 1 is 1.03 bits per heavy atom. The highest BCUT2D eigenvalue weighted by molar-refractivity contribution is 9.10. The first-order chi connectivity index (χ1) is 17.4. The molecule has 3 aromatic carbocycles. The molecule has 0 bridgehead atoms. The first kappa shape index (κ1) is 24.1. The van der Waals surface area contributed by atoms with Crippen LogP contribution in [0.5, 0.6) is 23.0 Å². The highest BCUT2D eigenvalue weighted by Gasteiger charge is 2.25. The second kappa shape index (κ2) is 9.48. The molecule has 2 heterocycles. The van der Waals surface area contributed by atoms with Crippen molar-refractivity contribution in [2.45, 2.75) is 13.5 Å². The normalized spacial score (nSPS) is 11.2. The second-order valence-electron chi connectivity index (χ2n) is 8.26. The van der Waals surface area contributed by atoms with Gasteiger partial charge in [-0.25, -0.2) is 4.98 Å². The smallest absolute Gasteiger partial charge is 0.263 e. The molecule has 0 atom stereocenters. The van der Waals surface area contributed by atoms with Gasteiger partial charge >= 0.3 is 0 Å². The minimum Gasteiger partial charge on any atom is -0.506 e. The maximum absolute atomic E-state index is 14.1. The fourth-order valence-electron chi connectivity index (χ4n) is 4.39. The summed E-state index contributed by atoms with van der Waals surface area (Å²) in [4.78, 5) is 19.6. The van der Waals surface area contributed by atoms with Crippen molar-refractivity contribution in [2.24, 2.45) is 0 Å². The number of phenolic OH excluding ortho intramolecular Hbond substituents is 1. The molecule has 36 heavy (non-hydrogen) atoms. The molecule has 0 fully saturated rings. The van der Waals surface area contributed by atoms with Crippen molar-refractivity contribution in [1.82, 2.24) is 9.55 Å². The minimum atomic E-state index is -0.198. The molecule has 0 spiro atoms. The van der Waals surface area contributed by atoms with Gasteiger partial charge in [0.15, 0.2) is 11.5 Å². The summed E-state index contributed by atoms with van der Waals surface area (Å²) in [5, 5.41) is 11.8. The van der Waals surface area contributed by atoms with Crippen LogP contribution in [0.4, 0.5) is 0 Å². The van der Waals surface area contributed by atoms with Crippen molar-refractivity contribution in [1.29, 1.82) is 0 Å². The number of methoxy groups -OCH3 is 3. The van der Waals surface area contributed by atoms with Crippen molar-refractivity contribution in [3.63, 3.8) is 0 Å². The highest BCUT2D eigenvalue weighted by Crippen LogP contribution is 2.48. The van der Waals surface area contributed by atoms with E-state index in [2.05, 4.69) is 15.9 Å². The van der Waals surface area contributed by atoms with Gasteiger partial charge in [0.1, 0.15) is 16.4 Å². The summed E-state index contributed by atoms with van der Waals surface area (Å²) in [6.07, 6.45) is 0. The Balaban J connectivity index is 1.90. The lowest BCUT2D eigenvalue weighted by Gasteiger charge is -2.19. The summed E-state index contributed by atoms with van der Waals surface area (Å²) in [5.74, 6) is 1.87. The van der Waals surface area contributed by atoms with Gasteiger partial charge in [-0.2, -0.15) is 0 Å². The first-order valence-electron chi connectivity index (χ1n) is 11.1. The number of fused-ring (bicyclic) bond motifs is 3. The summed E-state index contributed by atoms with van der Waals surface area (Å²) in [5.41, 5.74) is 2.22. The van der Waals surface area contributed by atoms with Gasteiger partial charge in [0.05, 0.1) is 42.4 Å². The molecule has 5 rings (SSSR count). The van der Waals surface area contributed by atoms with Crippen LogP contribution < -0.4 is 19.8 Å². The number of aromatic nitrogens is 2. The van der Waals surface area contributed by atoms with Crippen LogP contribution in [0.25, 0.3) is 31.7 Å². The number of nitrogens with zero attached hydrogens (tertiary/aromatic N) is 2. The second-order valence-corrected chi connectivity index (χ2v) is 10.1. The van der Waals surface area contributed by atoms with E-state index in [0.29, 0.717) is 60.0 Å². The summed E-state index contributed by atoms with van der Waals surface area (Å²) < 4.78 is 19.6. The van der Waals surface area contributed by atoms with Crippen molar-refractivity contribution in [3.8, 4) is 34.4 Å². The summed E-state index contributed by atoms with van der Waals surface area (Å²) in [6, 6.07) is 15.1. The molecule has 0 radical (unpaired) electrons. The Hall–Kier alpha value is -3.56. The Kier molecular flexibility index (Phi) is 6.36. The van der Waals surface area contributed by atoms with Gasteiger partial charge < -0.3 is 19.3 Å². The van der Waals surface area contributed by atoms with Gasteiger partial charge in [-0.15, -0.1) is 11.3 Å². The van der Waals surface area contributed by atoms with Crippen LogP contribution in [-0.4, -0.2) is 36.0 Å². The van der Waals surface area contributed by atoms with Crippen molar-refractivity contribution < 1.29 is 19.3 Å². The van der Waals surface area contributed by atoms with Gasteiger partial charge in [0, 0.05) is 10.9 Å². The Morgan fingerprint density at radius 3 is 2.42 bits per heavy atom. The van der Waals surface area contributed by atoms with Crippen molar-refractivity contribution in [2.75, 3.05) is 21.3 Å². The number of halogens is 1. The van der Waals surface area contributed by atoms with E-state index in [9.17, 15) is 9.90 Å². The standard InChI is InChI=1S/C27H23BrN2O5S/c1-14-10-16-20-26(36-24(16)18(31)11-14)29-25(30(27(20)32)13-15-8-6-5-7-9-15)17-12-19(33-2)22(34-3)23(35-4)21(17)28/h5-12,31H,13H2,1-4H3.